The predicted molar refractivity (Wildman–Crippen MR) is 92.6 cm³/mol. The van der Waals surface area contributed by atoms with Crippen molar-refractivity contribution in [1.29, 1.82) is 0 Å². The van der Waals surface area contributed by atoms with E-state index in [1.807, 2.05) is 24.4 Å². The Hall–Kier alpha value is -1.28. The molecule has 0 unspecified atom stereocenters. The highest BCUT2D eigenvalue weighted by Gasteiger charge is 2.09. The molecule has 0 spiro atoms. The van der Waals surface area contributed by atoms with Crippen molar-refractivity contribution in [2.45, 2.75) is 19.9 Å². The normalized spacial score (nSPS) is 10.7. The van der Waals surface area contributed by atoms with Gasteiger partial charge in [-0.05, 0) is 18.6 Å². The largest absolute Gasteiger partial charge is 0.458 e. The van der Waals surface area contributed by atoms with E-state index >= 15 is 0 Å². The maximum absolute atomic E-state index is 5.73. The number of furan rings is 1. The summed E-state index contributed by atoms with van der Waals surface area (Å²) in [7, 11) is 0. The average Bonchev–Trinajstić information content (AvgIpc) is 3.04. The van der Waals surface area contributed by atoms with Crippen LogP contribution in [0.15, 0.2) is 26.9 Å². The fraction of sp³-hybridized carbons (Fsp3) is 0.333. The molecule has 0 amide bonds. The average molecular weight is 352 g/mol. The van der Waals surface area contributed by atoms with Gasteiger partial charge in [0.2, 0.25) is 0 Å². The molecule has 0 atom stereocenters. The van der Waals surface area contributed by atoms with E-state index < -0.39 is 0 Å². The van der Waals surface area contributed by atoms with Crippen LogP contribution in [0, 0.1) is 0 Å². The van der Waals surface area contributed by atoms with Crippen LogP contribution in [-0.4, -0.2) is 17.5 Å². The van der Waals surface area contributed by atoms with Crippen molar-refractivity contribution < 1.29 is 4.42 Å². The zero-order valence-corrected chi connectivity index (χ0v) is 14.0. The molecule has 0 saturated heterocycles. The molecule has 21 heavy (non-hydrogen) atoms. The summed E-state index contributed by atoms with van der Waals surface area (Å²) in [6.07, 6.45) is 0.958. The first-order chi connectivity index (χ1) is 9.22. The van der Waals surface area contributed by atoms with E-state index in [1.165, 1.54) is 11.3 Å². The number of hydrogen-bond donors (Lipinski definition) is 3. The Balaban J connectivity index is 0.00000200. The zero-order valence-electron chi connectivity index (χ0n) is 11.5. The number of nitrogens with two attached hydrogens (primary N) is 2. The Labute approximate surface area is 139 Å². The first kappa shape index (κ1) is 19.7. The number of nitrogens with one attached hydrogen (secondary N) is 1. The standard InChI is InChI=1S/C12H17N5OS.2ClH/c1-2-5-15-11(14)17-12-16-9(7-19-12)10-4-3-8(6-13)18-10;;/h3-4,7H,2,5-6,13H2,1H3,(H3,14,15,16,17);2*1H. The molecule has 9 heteroatoms. The topological polar surface area (TPSA) is 102 Å². The molecular weight excluding hydrogens is 333 g/mol. The minimum absolute atomic E-state index is 0. The number of anilines is 1. The number of halogens is 2. The van der Waals surface area contributed by atoms with Crippen LogP contribution in [0.4, 0.5) is 5.13 Å². The summed E-state index contributed by atoms with van der Waals surface area (Å²) < 4.78 is 5.53. The number of guanidine groups is 1. The van der Waals surface area contributed by atoms with E-state index in [9.17, 15) is 0 Å². The van der Waals surface area contributed by atoms with Crippen LogP contribution in [0.3, 0.4) is 0 Å². The van der Waals surface area contributed by atoms with Crippen molar-refractivity contribution >= 4 is 47.2 Å². The third-order valence-electron chi connectivity index (χ3n) is 2.36. The van der Waals surface area contributed by atoms with Gasteiger partial charge in [0, 0.05) is 11.9 Å². The minimum atomic E-state index is 0. The maximum atomic E-state index is 5.73. The van der Waals surface area contributed by atoms with Crippen molar-refractivity contribution in [3.05, 3.63) is 23.3 Å². The Bertz CT molecular complexity index is 570. The van der Waals surface area contributed by atoms with Gasteiger partial charge in [-0.1, -0.05) is 6.92 Å². The lowest BCUT2D eigenvalue weighted by molar-refractivity contribution is 0.524. The van der Waals surface area contributed by atoms with Gasteiger partial charge in [0.05, 0.1) is 6.54 Å². The van der Waals surface area contributed by atoms with E-state index in [2.05, 4.69) is 15.3 Å². The van der Waals surface area contributed by atoms with Gasteiger partial charge in [-0.15, -0.1) is 36.2 Å². The van der Waals surface area contributed by atoms with E-state index in [0.29, 0.717) is 29.9 Å². The summed E-state index contributed by atoms with van der Waals surface area (Å²) in [5.41, 5.74) is 12.0. The second kappa shape index (κ2) is 9.62. The minimum Gasteiger partial charge on any atom is -0.458 e. The van der Waals surface area contributed by atoms with Gasteiger partial charge in [-0.25, -0.2) is 4.98 Å². The first-order valence-corrected chi connectivity index (χ1v) is 6.92. The van der Waals surface area contributed by atoms with Crippen molar-refractivity contribution in [3.8, 4) is 11.5 Å². The molecule has 0 bridgehead atoms. The van der Waals surface area contributed by atoms with E-state index in [1.54, 1.807) is 0 Å². The number of thiazole rings is 1. The molecule has 118 valence electrons. The van der Waals surface area contributed by atoms with Gasteiger partial charge < -0.3 is 21.2 Å². The van der Waals surface area contributed by atoms with Gasteiger partial charge in [0.25, 0.3) is 0 Å². The third kappa shape index (κ3) is 5.55. The summed E-state index contributed by atoms with van der Waals surface area (Å²) in [5.74, 6) is 1.82. The van der Waals surface area contributed by atoms with Gasteiger partial charge in [0.15, 0.2) is 16.9 Å². The highest BCUT2D eigenvalue weighted by molar-refractivity contribution is 7.14. The van der Waals surface area contributed by atoms with Crippen LogP contribution in [0.1, 0.15) is 19.1 Å². The Morgan fingerprint density at radius 3 is 2.81 bits per heavy atom. The van der Waals surface area contributed by atoms with Crippen molar-refractivity contribution in [1.82, 2.24) is 4.98 Å². The van der Waals surface area contributed by atoms with Crippen molar-refractivity contribution in [2.75, 3.05) is 11.9 Å². The predicted octanol–water partition coefficient (Wildman–Crippen LogP) is 2.84. The molecule has 2 heterocycles. The summed E-state index contributed by atoms with van der Waals surface area (Å²) in [4.78, 5) is 8.54. The fourth-order valence-electron chi connectivity index (χ4n) is 1.45. The second-order valence-electron chi connectivity index (χ2n) is 3.90. The fourth-order valence-corrected chi connectivity index (χ4v) is 2.16. The summed E-state index contributed by atoms with van der Waals surface area (Å²) in [6, 6.07) is 3.70. The lowest BCUT2D eigenvalue weighted by Gasteiger charge is -2.00. The molecule has 0 radical (unpaired) electrons. The SMILES string of the molecule is CCCN=C(N)Nc1nc(-c2ccc(CN)o2)cs1.Cl.Cl. The molecule has 0 aliphatic rings. The molecule has 0 fully saturated rings. The van der Waals surface area contributed by atoms with Gasteiger partial charge in [-0.2, -0.15) is 0 Å². The maximum Gasteiger partial charge on any atom is 0.194 e. The van der Waals surface area contributed by atoms with E-state index in [-0.39, 0.29) is 24.8 Å². The quantitative estimate of drug-likeness (QED) is 0.567. The number of aliphatic imine (C=N–C) groups is 1. The summed E-state index contributed by atoms with van der Waals surface area (Å²) >= 11 is 1.45. The van der Waals surface area contributed by atoms with Crippen LogP contribution >= 0.6 is 36.2 Å². The number of nitrogens with zero attached hydrogens (tertiary/aromatic N) is 2. The van der Waals surface area contributed by atoms with Crippen LogP contribution in [-0.2, 0) is 6.54 Å². The highest BCUT2D eigenvalue weighted by atomic mass is 35.5. The molecular formula is C12H19Cl2N5OS. The number of rotatable bonds is 5. The van der Waals surface area contributed by atoms with E-state index in [0.717, 1.165) is 17.9 Å². The molecule has 6 nitrogen and oxygen atoms in total. The summed E-state index contributed by atoms with van der Waals surface area (Å²) in [6.45, 7) is 3.13. The van der Waals surface area contributed by atoms with Gasteiger partial charge in [0.1, 0.15) is 11.5 Å². The van der Waals surface area contributed by atoms with Crippen molar-refractivity contribution in [2.24, 2.45) is 16.5 Å². The number of aromatic nitrogens is 1. The molecule has 2 rings (SSSR count). The Kier molecular flexibility index (Phi) is 9.03. The van der Waals surface area contributed by atoms with Crippen LogP contribution < -0.4 is 16.8 Å². The Morgan fingerprint density at radius 1 is 1.43 bits per heavy atom. The van der Waals surface area contributed by atoms with Gasteiger partial charge in [-0.3, -0.25) is 4.99 Å². The van der Waals surface area contributed by atoms with Crippen LogP contribution in [0.25, 0.3) is 11.5 Å². The molecule has 5 N–H and O–H groups in total. The zero-order chi connectivity index (χ0) is 13.7. The molecule has 0 aliphatic carbocycles. The lowest BCUT2D eigenvalue weighted by atomic mass is 10.3. The number of hydrogen-bond acceptors (Lipinski definition) is 5. The molecule has 2 aromatic heterocycles. The first-order valence-electron chi connectivity index (χ1n) is 6.04. The second-order valence-corrected chi connectivity index (χ2v) is 4.76. The van der Waals surface area contributed by atoms with E-state index in [4.69, 9.17) is 15.9 Å². The third-order valence-corrected chi connectivity index (χ3v) is 3.12. The molecule has 0 aromatic carbocycles. The molecule has 2 aromatic rings. The smallest absolute Gasteiger partial charge is 0.194 e. The van der Waals surface area contributed by atoms with Crippen LogP contribution in [0.5, 0.6) is 0 Å². The lowest BCUT2D eigenvalue weighted by Crippen LogP contribution is -2.22. The summed E-state index contributed by atoms with van der Waals surface area (Å²) in [5, 5.41) is 5.55. The molecule has 0 aliphatic heterocycles. The van der Waals surface area contributed by atoms with Gasteiger partial charge >= 0.3 is 0 Å². The Morgan fingerprint density at radius 2 is 2.19 bits per heavy atom. The highest BCUT2D eigenvalue weighted by Crippen LogP contribution is 2.26. The van der Waals surface area contributed by atoms with Crippen LogP contribution in [0.2, 0.25) is 0 Å². The van der Waals surface area contributed by atoms with Crippen molar-refractivity contribution in [3.63, 3.8) is 0 Å². The monoisotopic (exact) mass is 351 g/mol. The molecule has 0 saturated carbocycles.